The van der Waals surface area contributed by atoms with Crippen LogP contribution in [0.5, 0.6) is 0 Å². The maximum atomic E-state index is 13.1. The molecular formula is C16H22ClNO2S. The fourth-order valence-electron chi connectivity index (χ4n) is 3.87. The van der Waals surface area contributed by atoms with Crippen LogP contribution in [-0.2, 0) is 15.9 Å². The van der Waals surface area contributed by atoms with Gasteiger partial charge in [-0.15, -0.1) is 11.6 Å². The van der Waals surface area contributed by atoms with Crippen LogP contribution in [0.15, 0.2) is 23.1 Å². The van der Waals surface area contributed by atoms with Crippen LogP contribution in [0, 0.1) is 12.8 Å². The zero-order valence-corrected chi connectivity index (χ0v) is 14.0. The van der Waals surface area contributed by atoms with Gasteiger partial charge in [0.15, 0.2) is 0 Å². The van der Waals surface area contributed by atoms with Crippen molar-refractivity contribution in [2.75, 3.05) is 6.54 Å². The van der Waals surface area contributed by atoms with Gasteiger partial charge in [0.2, 0.25) is 10.0 Å². The van der Waals surface area contributed by atoms with Crippen molar-refractivity contribution in [1.82, 2.24) is 4.31 Å². The molecule has 2 atom stereocenters. The van der Waals surface area contributed by atoms with Gasteiger partial charge in [-0.25, -0.2) is 8.42 Å². The highest BCUT2D eigenvalue weighted by Crippen LogP contribution is 2.39. The second kappa shape index (κ2) is 5.90. The lowest BCUT2D eigenvalue weighted by Gasteiger charge is -2.31. The third-order valence-corrected chi connectivity index (χ3v) is 7.44. The van der Waals surface area contributed by atoms with Crippen molar-refractivity contribution in [3.63, 3.8) is 0 Å². The number of benzene rings is 1. The second-order valence-corrected chi connectivity index (χ2v) is 8.32. The Kier molecular flexibility index (Phi) is 4.30. The van der Waals surface area contributed by atoms with Crippen LogP contribution in [-0.4, -0.2) is 25.3 Å². The molecule has 1 aromatic carbocycles. The van der Waals surface area contributed by atoms with E-state index in [1.165, 1.54) is 12.8 Å². The fraction of sp³-hybridized carbons (Fsp3) is 0.625. The maximum Gasteiger partial charge on any atom is 0.243 e. The lowest BCUT2D eigenvalue weighted by Crippen LogP contribution is -2.39. The number of hydrogen-bond donors (Lipinski definition) is 0. The first-order chi connectivity index (χ1) is 10.1. The standard InChI is InChI=1S/C16H22ClNO2S/c1-12-14(11-17)6-4-8-16(12)21(19,20)18-10-9-13-5-2-3-7-15(13)18/h4,6,8,13,15H,2-3,5,7,9-11H2,1H3. The Morgan fingerprint density at radius 2 is 2.00 bits per heavy atom. The van der Waals surface area contributed by atoms with Crippen molar-refractivity contribution in [2.45, 2.75) is 55.8 Å². The number of fused-ring (bicyclic) bond motifs is 1. The first-order valence-electron chi connectivity index (χ1n) is 7.72. The third-order valence-electron chi connectivity index (χ3n) is 5.09. The average Bonchev–Trinajstić information content (AvgIpc) is 2.92. The summed E-state index contributed by atoms with van der Waals surface area (Å²) < 4.78 is 27.9. The van der Waals surface area contributed by atoms with Gasteiger partial charge < -0.3 is 0 Å². The summed E-state index contributed by atoms with van der Waals surface area (Å²) in [5, 5.41) is 0. The fourth-order valence-corrected chi connectivity index (χ4v) is 6.16. The van der Waals surface area contributed by atoms with Gasteiger partial charge in [0.1, 0.15) is 0 Å². The number of halogens is 1. The number of nitrogens with zero attached hydrogens (tertiary/aromatic N) is 1. The first-order valence-corrected chi connectivity index (χ1v) is 9.69. The minimum atomic E-state index is -3.40. The zero-order valence-electron chi connectivity index (χ0n) is 12.4. The normalized spacial score (nSPS) is 26.8. The second-order valence-electron chi connectivity index (χ2n) is 6.19. The molecule has 1 aromatic rings. The Morgan fingerprint density at radius 1 is 1.24 bits per heavy atom. The predicted octanol–water partition coefficient (Wildman–Crippen LogP) is 3.69. The molecule has 2 unspecified atom stereocenters. The van der Waals surface area contributed by atoms with E-state index in [9.17, 15) is 8.42 Å². The third kappa shape index (κ3) is 2.62. The van der Waals surface area contributed by atoms with E-state index in [0.29, 0.717) is 23.2 Å². The molecule has 1 saturated carbocycles. The van der Waals surface area contributed by atoms with E-state index in [0.717, 1.165) is 30.4 Å². The summed E-state index contributed by atoms with van der Waals surface area (Å²) >= 11 is 5.92. The van der Waals surface area contributed by atoms with E-state index in [1.54, 1.807) is 16.4 Å². The van der Waals surface area contributed by atoms with Gasteiger partial charge >= 0.3 is 0 Å². The molecule has 1 aliphatic carbocycles. The molecule has 1 heterocycles. The van der Waals surface area contributed by atoms with Gasteiger partial charge in [0.05, 0.1) is 4.90 Å². The number of alkyl halides is 1. The molecule has 2 fully saturated rings. The van der Waals surface area contributed by atoms with Gasteiger partial charge in [-0.2, -0.15) is 4.31 Å². The Morgan fingerprint density at radius 3 is 2.76 bits per heavy atom. The van der Waals surface area contributed by atoms with E-state index in [1.807, 2.05) is 13.0 Å². The van der Waals surface area contributed by atoms with Crippen LogP contribution < -0.4 is 0 Å². The zero-order chi connectivity index (χ0) is 15.0. The van der Waals surface area contributed by atoms with Gasteiger partial charge in [-0.05, 0) is 49.3 Å². The Labute approximate surface area is 132 Å². The van der Waals surface area contributed by atoms with E-state index in [2.05, 4.69) is 0 Å². The predicted molar refractivity (Wildman–Crippen MR) is 85.0 cm³/mol. The highest BCUT2D eigenvalue weighted by molar-refractivity contribution is 7.89. The maximum absolute atomic E-state index is 13.1. The molecule has 1 aliphatic heterocycles. The molecule has 2 aliphatic rings. The SMILES string of the molecule is Cc1c(CCl)cccc1S(=O)(=O)N1CCC2CCCCC21. The van der Waals surface area contributed by atoms with Crippen molar-refractivity contribution >= 4 is 21.6 Å². The quantitative estimate of drug-likeness (QED) is 0.794. The summed E-state index contributed by atoms with van der Waals surface area (Å²) in [4.78, 5) is 0.437. The summed E-state index contributed by atoms with van der Waals surface area (Å²) in [6.45, 7) is 2.53. The van der Waals surface area contributed by atoms with Gasteiger partial charge in [-0.1, -0.05) is 25.0 Å². The average molecular weight is 328 g/mol. The Bertz CT molecular complexity index is 629. The van der Waals surface area contributed by atoms with Crippen molar-refractivity contribution in [3.8, 4) is 0 Å². The molecule has 21 heavy (non-hydrogen) atoms. The van der Waals surface area contributed by atoms with Gasteiger partial charge in [0.25, 0.3) is 0 Å². The van der Waals surface area contributed by atoms with Crippen molar-refractivity contribution in [1.29, 1.82) is 0 Å². The molecule has 3 nitrogen and oxygen atoms in total. The minimum Gasteiger partial charge on any atom is -0.207 e. The molecule has 0 aromatic heterocycles. The summed E-state index contributed by atoms with van der Waals surface area (Å²) in [5.41, 5.74) is 1.70. The Hall–Kier alpha value is -0.580. The molecule has 0 bridgehead atoms. The summed E-state index contributed by atoms with van der Waals surface area (Å²) in [7, 11) is -3.40. The van der Waals surface area contributed by atoms with Crippen LogP contribution in [0.3, 0.4) is 0 Å². The highest BCUT2D eigenvalue weighted by Gasteiger charge is 2.42. The number of sulfonamides is 1. The highest BCUT2D eigenvalue weighted by atomic mass is 35.5. The molecule has 0 radical (unpaired) electrons. The van der Waals surface area contributed by atoms with Crippen LogP contribution in [0.4, 0.5) is 0 Å². The molecule has 1 saturated heterocycles. The smallest absolute Gasteiger partial charge is 0.207 e. The molecule has 3 rings (SSSR count). The lowest BCUT2D eigenvalue weighted by atomic mass is 9.86. The molecular weight excluding hydrogens is 306 g/mol. The first kappa shape index (κ1) is 15.3. The Balaban J connectivity index is 1.97. The monoisotopic (exact) mass is 327 g/mol. The van der Waals surface area contributed by atoms with Crippen molar-refractivity contribution in [2.24, 2.45) is 5.92 Å². The molecule has 0 N–H and O–H groups in total. The topological polar surface area (TPSA) is 37.4 Å². The van der Waals surface area contributed by atoms with Gasteiger partial charge in [-0.3, -0.25) is 0 Å². The van der Waals surface area contributed by atoms with Crippen LogP contribution in [0.1, 0.15) is 43.2 Å². The van der Waals surface area contributed by atoms with E-state index < -0.39 is 10.0 Å². The lowest BCUT2D eigenvalue weighted by molar-refractivity contribution is 0.260. The summed E-state index contributed by atoms with van der Waals surface area (Å²) in [6.07, 6.45) is 5.59. The largest absolute Gasteiger partial charge is 0.243 e. The van der Waals surface area contributed by atoms with E-state index >= 15 is 0 Å². The minimum absolute atomic E-state index is 0.211. The van der Waals surface area contributed by atoms with Crippen LogP contribution >= 0.6 is 11.6 Å². The molecule has 5 heteroatoms. The van der Waals surface area contributed by atoms with Crippen molar-refractivity contribution in [3.05, 3.63) is 29.3 Å². The molecule has 0 spiro atoms. The molecule has 116 valence electrons. The summed E-state index contributed by atoms with van der Waals surface area (Å²) in [5.74, 6) is 0.909. The van der Waals surface area contributed by atoms with Crippen LogP contribution in [0.2, 0.25) is 0 Å². The van der Waals surface area contributed by atoms with Crippen molar-refractivity contribution < 1.29 is 8.42 Å². The van der Waals surface area contributed by atoms with Gasteiger partial charge in [0, 0.05) is 18.5 Å². The molecule has 0 amide bonds. The van der Waals surface area contributed by atoms with E-state index in [-0.39, 0.29) is 6.04 Å². The number of rotatable bonds is 3. The van der Waals surface area contributed by atoms with Crippen LogP contribution in [0.25, 0.3) is 0 Å². The van der Waals surface area contributed by atoms with E-state index in [4.69, 9.17) is 11.6 Å². The number of hydrogen-bond acceptors (Lipinski definition) is 2. The summed E-state index contributed by atoms with van der Waals surface area (Å²) in [6, 6.07) is 5.63.